The van der Waals surface area contributed by atoms with E-state index in [2.05, 4.69) is 19.2 Å². The Labute approximate surface area is 99.7 Å². The van der Waals surface area contributed by atoms with E-state index in [4.69, 9.17) is 9.94 Å². The molecule has 1 aliphatic heterocycles. The molecular formula is C12H16N2O3. The van der Waals surface area contributed by atoms with Crippen LogP contribution in [0, 0.1) is 0 Å². The van der Waals surface area contributed by atoms with E-state index in [0.717, 1.165) is 5.56 Å². The lowest BCUT2D eigenvalue weighted by molar-refractivity contribution is 0.0706. The lowest BCUT2D eigenvalue weighted by Crippen LogP contribution is -2.42. The van der Waals surface area contributed by atoms with Crippen LogP contribution in [-0.4, -0.2) is 23.3 Å². The van der Waals surface area contributed by atoms with Gasteiger partial charge in [-0.2, -0.15) is 0 Å². The van der Waals surface area contributed by atoms with Gasteiger partial charge >= 0.3 is 0 Å². The predicted molar refractivity (Wildman–Crippen MR) is 62.1 cm³/mol. The van der Waals surface area contributed by atoms with Crippen LogP contribution in [0.1, 0.15) is 29.8 Å². The van der Waals surface area contributed by atoms with E-state index in [1.165, 1.54) is 0 Å². The number of fused-ring (bicyclic) bond motifs is 1. The van der Waals surface area contributed by atoms with Gasteiger partial charge in [0.15, 0.2) is 0 Å². The maximum atomic E-state index is 11.3. The quantitative estimate of drug-likeness (QED) is 0.504. The van der Waals surface area contributed by atoms with Crippen molar-refractivity contribution < 1.29 is 14.7 Å². The van der Waals surface area contributed by atoms with Crippen LogP contribution in [0.3, 0.4) is 0 Å². The van der Waals surface area contributed by atoms with Gasteiger partial charge in [0, 0.05) is 23.2 Å². The first kappa shape index (κ1) is 11.9. The van der Waals surface area contributed by atoms with Crippen LogP contribution in [0.5, 0.6) is 5.75 Å². The van der Waals surface area contributed by atoms with Crippen LogP contribution in [0.25, 0.3) is 0 Å². The second-order valence-corrected chi connectivity index (χ2v) is 4.79. The lowest BCUT2D eigenvalue weighted by atomic mass is 10.1. The Hall–Kier alpha value is -1.59. The van der Waals surface area contributed by atoms with Crippen molar-refractivity contribution in [3.63, 3.8) is 0 Å². The predicted octanol–water partition coefficient (Wildman–Crippen LogP) is 1.07. The number of benzene rings is 1. The molecule has 0 saturated carbocycles. The van der Waals surface area contributed by atoms with Gasteiger partial charge in [-0.05, 0) is 26.0 Å². The van der Waals surface area contributed by atoms with E-state index in [0.29, 0.717) is 24.5 Å². The molecule has 1 aliphatic rings. The molecule has 0 radical (unpaired) electrons. The zero-order chi connectivity index (χ0) is 12.5. The van der Waals surface area contributed by atoms with Gasteiger partial charge in [-0.3, -0.25) is 10.0 Å². The molecule has 0 spiro atoms. The zero-order valence-electron chi connectivity index (χ0n) is 9.91. The third kappa shape index (κ3) is 2.57. The van der Waals surface area contributed by atoms with Crippen LogP contribution >= 0.6 is 0 Å². The van der Waals surface area contributed by atoms with Gasteiger partial charge in [0.1, 0.15) is 12.4 Å². The average Bonchev–Trinajstić information content (AvgIpc) is 2.47. The Morgan fingerprint density at radius 2 is 2.29 bits per heavy atom. The lowest BCUT2D eigenvalue weighted by Gasteiger charge is -2.22. The monoisotopic (exact) mass is 236 g/mol. The first-order valence-electron chi connectivity index (χ1n) is 5.47. The Morgan fingerprint density at radius 1 is 1.53 bits per heavy atom. The van der Waals surface area contributed by atoms with E-state index >= 15 is 0 Å². The van der Waals surface area contributed by atoms with E-state index in [-0.39, 0.29) is 5.54 Å². The highest BCUT2D eigenvalue weighted by Gasteiger charge is 2.23. The summed E-state index contributed by atoms with van der Waals surface area (Å²) >= 11 is 0. The third-order valence-electron chi connectivity index (χ3n) is 2.78. The van der Waals surface area contributed by atoms with Crippen molar-refractivity contribution >= 4 is 5.91 Å². The molecule has 1 aromatic carbocycles. The van der Waals surface area contributed by atoms with Crippen molar-refractivity contribution in [2.45, 2.75) is 25.9 Å². The first-order chi connectivity index (χ1) is 8.02. The minimum absolute atomic E-state index is 0.0988. The van der Waals surface area contributed by atoms with Crippen LogP contribution in [0.2, 0.25) is 0 Å². The number of nitrogens with one attached hydrogen (secondary N) is 2. The fourth-order valence-corrected chi connectivity index (χ4v) is 1.68. The Morgan fingerprint density at radius 3 is 3.00 bits per heavy atom. The highest BCUT2D eigenvalue weighted by atomic mass is 16.5. The van der Waals surface area contributed by atoms with E-state index in [1.807, 2.05) is 6.07 Å². The van der Waals surface area contributed by atoms with E-state index in [9.17, 15) is 4.79 Å². The fourth-order valence-electron chi connectivity index (χ4n) is 1.68. The molecule has 5 nitrogen and oxygen atoms in total. The second-order valence-electron chi connectivity index (χ2n) is 4.79. The molecule has 2 rings (SSSR count). The number of carbonyl (C=O) groups is 1. The number of amides is 1. The summed E-state index contributed by atoms with van der Waals surface area (Å²) in [6, 6.07) is 5.13. The topological polar surface area (TPSA) is 70.6 Å². The van der Waals surface area contributed by atoms with E-state index in [1.54, 1.807) is 17.6 Å². The van der Waals surface area contributed by atoms with Crippen molar-refractivity contribution in [3.05, 3.63) is 29.3 Å². The first-order valence-corrected chi connectivity index (χ1v) is 5.47. The van der Waals surface area contributed by atoms with Crippen LogP contribution in [-0.2, 0) is 6.54 Å². The molecule has 0 saturated heterocycles. The van der Waals surface area contributed by atoms with Gasteiger partial charge in [0.2, 0.25) is 0 Å². The van der Waals surface area contributed by atoms with Crippen molar-refractivity contribution in [2.24, 2.45) is 0 Å². The van der Waals surface area contributed by atoms with Crippen molar-refractivity contribution in [2.75, 3.05) is 6.61 Å². The fraction of sp³-hybridized carbons (Fsp3) is 0.417. The summed E-state index contributed by atoms with van der Waals surface area (Å²) in [5, 5.41) is 11.9. The maximum absolute atomic E-state index is 11.3. The molecule has 0 atom stereocenters. The highest BCUT2D eigenvalue weighted by Crippen LogP contribution is 2.25. The molecule has 92 valence electrons. The molecule has 1 heterocycles. The number of hydrogen-bond donors (Lipinski definition) is 3. The van der Waals surface area contributed by atoms with Crippen LogP contribution in [0.4, 0.5) is 0 Å². The summed E-state index contributed by atoms with van der Waals surface area (Å²) in [7, 11) is 0. The van der Waals surface area contributed by atoms with Crippen molar-refractivity contribution in [3.8, 4) is 5.75 Å². The smallest absolute Gasteiger partial charge is 0.274 e. The molecule has 0 aromatic heterocycles. The molecular weight excluding hydrogens is 220 g/mol. The van der Waals surface area contributed by atoms with Gasteiger partial charge in [-0.1, -0.05) is 6.07 Å². The highest BCUT2D eigenvalue weighted by molar-refractivity contribution is 5.93. The minimum Gasteiger partial charge on any atom is -0.491 e. The summed E-state index contributed by atoms with van der Waals surface area (Å²) in [5.41, 5.74) is 2.90. The van der Waals surface area contributed by atoms with Crippen LogP contribution in [0.15, 0.2) is 18.2 Å². The molecule has 3 N–H and O–H groups in total. The van der Waals surface area contributed by atoms with E-state index < -0.39 is 5.91 Å². The minimum atomic E-state index is -0.534. The van der Waals surface area contributed by atoms with Gasteiger partial charge in [0.05, 0.1) is 0 Å². The number of hydroxylamine groups is 1. The molecule has 1 aromatic rings. The molecule has 17 heavy (non-hydrogen) atoms. The molecule has 5 heteroatoms. The maximum Gasteiger partial charge on any atom is 0.274 e. The Bertz CT molecular complexity index is 443. The van der Waals surface area contributed by atoms with Crippen LogP contribution < -0.4 is 15.5 Å². The summed E-state index contributed by atoms with van der Waals surface area (Å²) in [6.45, 7) is 5.34. The number of carbonyl (C=O) groups excluding carboxylic acids is 1. The van der Waals surface area contributed by atoms with Crippen molar-refractivity contribution in [1.82, 2.24) is 10.8 Å². The third-order valence-corrected chi connectivity index (χ3v) is 2.78. The standard InChI is InChI=1S/C12H16N2O3/c1-12(2)7-17-10-5-8(11(15)14-16)3-4-9(10)6-13-12/h3-5,13,16H,6-7H2,1-2H3,(H,14,15). The van der Waals surface area contributed by atoms with Gasteiger partial charge in [-0.15, -0.1) is 0 Å². The Balaban J connectivity index is 2.29. The normalized spacial score (nSPS) is 17.6. The number of hydrogen-bond acceptors (Lipinski definition) is 4. The average molecular weight is 236 g/mol. The largest absolute Gasteiger partial charge is 0.491 e. The summed E-state index contributed by atoms with van der Waals surface area (Å²) in [4.78, 5) is 11.3. The Kier molecular flexibility index (Phi) is 3.04. The summed E-state index contributed by atoms with van der Waals surface area (Å²) in [6.07, 6.45) is 0. The SMILES string of the molecule is CC1(C)COc2cc(C(=O)NO)ccc2CN1. The van der Waals surface area contributed by atoms with Gasteiger partial charge < -0.3 is 10.1 Å². The number of ether oxygens (including phenoxy) is 1. The summed E-state index contributed by atoms with van der Waals surface area (Å²) < 4.78 is 5.67. The molecule has 0 bridgehead atoms. The zero-order valence-corrected chi connectivity index (χ0v) is 9.91. The van der Waals surface area contributed by atoms with Gasteiger partial charge in [0.25, 0.3) is 5.91 Å². The molecule has 0 unspecified atom stereocenters. The van der Waals surface area contributed by atoms with Gasteiger partial charge in [-0.25, -0.2) is 5.48 Å². The number of rotatable bonds is 1. The van der Waals surface area contributed by atoms with Crippen molar-refractivity contribution in [1.29, 1.82) is 0 Å². The summed E-state index contributed by atoms with van der Waals surface area (Å²) in [5.74, 6) is 0.150. The molecule has 0 fully saturated rings. The molecule has 1 amide bonds. The molecule has 0 aliphatic carbocycles. The second kappa shape index (κ2) is 4.35.